The Labute approximate surface area is 126 Å². The van der Waals surface area contributed by atoms with Crippen molar-refractivity contribution in [2.75, 3.05) is 12.4 Å². The van der Waals surface area contributed by atoms with Crippen LogP contribution in [0.3, 0.4) is 0 Å². The molecule has 22 heavy (non-hydrogen) atoms. The van der Waals surface area contributed by atoms with Crippen LogP contribution in [0.5, 0.6) is 0 Å². The highest BCUT2D eigenvalue weighted by Gasteiger charge is 2.31. The number of esters is 1. The van der Waals surface area contributed by atoms with Gasteiger partial charge >= 0.3 is 17.6 Å². The van der Waals surface area contributed by atoms with E-state index in [0.29, 0.717) is 5.69 Å². The van der Waals surface area contributed by atoms with E-state index in [1.54, 1.807) is 13.8 Å². The number of carboxylic acid groups (broad SMARTS) is 1. The first-order valence-corrected chi connectivity index (χ1v) is 6.42. The molecule has 9 nitrogen and oxygen atoms in total. The van der Waals surface area contributed by atoms with Crippen LogP contribution in [0.2, 0.25) is 0 Å². The van der Waals surface area contributed by atoms with Gasteiger partial charge in [-0.2, -0.15) is 0 Å². The molecule has 0 aliphatic heterocycles. The molecule has 1 aromatic heterocycles. The standard InChI is InChI=1S/C13H17N3O6/c1-6(2)9(12(17)18)15-11-10(16(20)21)8(13(19)22-4)5-7(3)14-11/h5-6,9H,1-4H3,(H,14,15)(H,17,18)/t9-/m1/s1. The minimum atomic E-state index is -1.17. The SMILES string of the molecule is COC(=O)c1cc(C)nc(N[C@@H](C(=O)O)C(C)C)c1[N+](=O)[O-]. The van der Waals surface area contributed by atoms with Crippen molar-refractivity contribution < 1.29 is 24.4 Å². The van der Waals surface area contributed by atoms with Gasteiger partial charge in [-0.25, -0.2) is 14.6 Å². The van der Waals surface area contributed by atoms with Crippen LogP contribution in [-0.4, -0.2) is 40.1 Å². The van der Waals surface area contributed by atoms with Gasteiger partial charge in [0.25, 0.3) is 0 Å². The highest BCUT2D eigenvalue weighted by atomic mass is 16.6. The van der Waals surface area contributed by atoms with Gasteiger partial charge in [0.1, 0.15) is 11.6 Å². The number of carbonyl (C=O) groups excluding carboxylic acids is 1. The van der Waals surface area contributed by atoms with E-state index in [9.17, 15) is 24.8 Å². The number of ether oxygens (including phenoxy) is 1. The van der Waals surface area contributed by atoms with Crippen LogP contribution in [-0.2, 0) is 9.53 Å². The highest BCUT2D eigenvalue weighted by molar-refractivity contribution is 5.96. The number of pyridine rings is 1. The molecular formula is C13H17N3O6. The second-order valence-electron chi connectivity index (χ2n) is 4.96. The Morgan fingerprint density at radius 2 is 2.05 bits per heavy atom. The molecule has 120 valence electrons. The predicted octanol–water partition coefficient (Wildman–Crippen LogP) is 1.61. The molecule has 1 rings (SSSR count). The topological polar surface area (TPSA) is 132 Å². The maximum Gasteiger partial charge on any atom is 0.345 e. The van der Waals surface area contributed by atoms with E-state index in [1.165, 1.54) is 13.0 Å². The number of nitro groups is 1. The molecule has 0 aliphatic rings. The summed E-state index contributed by atoms with van der Waals surface area (Å²) in [6.07, 6.45) is 0. The molecule has 0 radical (unpaired) electrons. The molecular weight excluding hydrogens is 294 g/mol. The van der Waals surface area contributed by atoms with Crippen LogP contribution in [0.1, 0.15) is 29.9 Å². The lowest BCUT2D eigenvalue weighted by atomic mass is 10.0. The van der Waals surface area contributed by atoms with E-state index in [4.69, 9.17) is 0 Å². The van der Waals surface area contributed by atoms with Gasteiger partial charge in [-0.05, 0) is 18.9 Å². The Morgan fingerprint density at radius 1 is 1.45 bits per heavy atom. The molecule has 1 aromatic rings. The van der Waals surface area contributed by atoms with Gasteiger partial charge in [-0.15, -0.1) is 0 Å². The average molecular weight is 311 g/mol. The van der Waals surface area contributed by atoms with Gasteiger partial charge in [0.05, 0.1) is 12.0 Å². The van der Waals surface area contributed by atoms with Gasteiger partial charge < -0.3 is 15.2 Å². The molecule has 1 heterocycles. The number of aromatic nitrogens is 1. The Balaban J connectivity index is 3.46. The maximum atomic E-state index is 11.7. The monoisotopic (exact) mass is 311 g/mol. The molecule has 2 N–H and O–H groups in total. The van der Waals surface area contributed by atoms with E-state index in [0.717, 1.165) is 7.11 Å². The number of anilines is 1. The first-order chi connectivity index (χ1) is 10.2. The lowest BCUT2D eigenvalue weighted by Crippen LogP contribution is -2.35. The minimum absolute atomic E-state index is 0.272. The molecule has 0 saturated heterocycles. The van der Waals surface area contributed by atoms with E-state index in [-0.39, 0.29) is 17.3 Å². The van der Waals surface area contributed by atoms with Crippen molar-refractivity contribution in [2.45, 2.75) is 26.8 Å². The second-order valence-corrected chi connectivity index (χ2v) is 4.96. The Bertz CT molecular complexity index is 614. The highest BCUT2D eigenvalue weighted by Crippen LogP contribution is 2.29. The normalized spacial score (nSPS) is 11.9. The van der Waals surface area contributed by atoms with Crippen LogP contribution in [0, 0.1) is 23.0 Å². The third-order valence-electron chi connectivity index (χ3n) is 2.93. The number of aliphatic carboxylic acids is 1. The molecule has 0 aliphatic carbocycles. The Hall–Kier alpha value is -2.71. The molecule has 0 spiro atoms. The van der Waals surface area contributed by atoms with Gasteiger partial charge in [-0.1, -0.05) is 13.8 Å². The Kier molecular flexibility index (Phi) is 5.39. The van der Waals surface area contributed by atoms with Crippen molar-refractivity contribution in [2.24, 2.45) is 5.92 Å². The fraction of sp³-hybridized carbons (Fsp3) is 0.462. The quantitative estimate of drug-likeness (QED) is 0.460. The molecule has 0 saturated carbocycles. The van der Waals surface area contributed by atoms with Crippen LogP contribution in [0.15, 0.2) is 6.07 Å². The molecule has 1 atom stereocenters. The number of aryl methyl sites for hydroxylation is 1. The van der Waals surface area contributed by atoms with E-state index in [1.807, 2.05) is 0 Å². The number of carboxylic acids is 1. The zero-order chi connectivity index (χ0) is 17.0. The number of nitrogens with zero attached hydrogens (tertiary/aromatic N) is 2. The second kappa shape index (κ2) is 6.83. The third kappa shape index (κ3) is 3.68. The lowest BCUT2D eigenvalue weighted by molar-refractivity contribution is -0.384. The van der Waals surface area contributed by atoms with Crippen molar-refractivity contribution in [1.82, 2.24) is 4.98 Å². The van der Waals surface area contributed by atoms with Crippen molar-refractivity contribution in [1.29, 1.82) is 0 Å². The summed E-state index contributed by atoms with van der Waals surface area (Å²) in [5.41, 5.74) is -0.568. The van der Waals surface area contributed by atoms with Crippen molar-refractivity contribution >= 4 is 23.4 Å². The summed E-state index contributed by atoms with van der Waals surface area (Å²) < 4.78 is 4.52. The predicted molar refractivity (Wildman–Crippen MR) is 76.9 cm³/mol. The molecule has 0 aromatic carbocycles. The lowest BCUT2D eigenvalue weighted by Gasteiger charge is -2.19. The smallest absolute Gasteiger partial charge is 0.345 e. The first-order valence-electron chi connectivity index (χ1n) is 6.42. The molecule has 9 heteroatoms. The van der Waals surface area contributed by atoms with E-state index >= 15 is 0 Å². The van der Waals surface area contributed by atoms with E-state index < -0.39 is 28.6 Å². The zero-order valence-corrected chi connectivity index (χ0v) is 12.6. The maximum absolute atomic E-state index is 11.7. The number of carbonyl (C=O) groups is 2. The summed E-state index contributed by atoms with van der Waals surface area (Å²) in [5, 5.41) is 23.0. The fourth-order valence-corrected chi connectivity index (χ4v) is 1.88. The third-order valence-corrected chi connectivity index (χ3v) is 2.93. The van der Waals surface area contributed by atoms with Gasteiger partial charge in [0.15, 0.2) is 0 Å². The number of rotatable bonds is 6. The Morgan fingerprint density at radius 3 is 2.45 bits per heavy atom. The number of methoxy groups -OCH3 is 1. The van der Waals surface area contributed by atoms with Crippen LogP contribution < -0.4 is 5.32 Å². The summed E-state index contributed by atoms with van der Waals surface area (Å²) in [4.78, 5) is 37.4. The summed E-state index contributed by atoms with van der Waals surface area (Å²) in [5.74, 6) is -2.68. The summed E-state index contributed by atoms with van der Waals surface area (Å²) in [6.45, 7) is 4.83. The summed E-state index contributed by atoms with van der Waals surface area (Å²) in [6, 6.07) is 0.138. The molecule has 0 unspecified atom stereocenters. The molecule has 0 fully saturated rings. The average Bonchev–Trinajstić information content (AvgIpc) is 2.41. The number of hydrogen-bond donors (Lipinski definition) is 2. The first kappa shape index (κ1) is 17.3. The van der Waals surface area contributed by atoms with E-state index in [2.05, 4.69) is 15.0 Å². The van der Waals surface area contributed by atoms with Crippen molar-refractivity contribution in [3.63, 3.8) is 0 Å². The fourth-order valence-electron chi connectivity index (χ4n) is 1.88. The van der Waals surface area contributed by atoms with Crippen LogP contribution in [0.4, 0.5) is 11.5 Å². The number of nitrogens with one attached hydrogen (secondary N) is 1. The minimum Gasteiger partial charge on any atom is -0.480 e. The molecule has 0 bridgehead atoms. The zero-order valence-electron chi connectivity index (χ0n) is 12.6. The van der Waals surface area contributed by atoms with Crippen molar-refractivity contribution in [3.05, 3.63) is 27.4 Å². The van der Waals surface area contributed by atoms with Gasteiger partial charge in [-0.3, -0.25) is 10.1 Å². The van der Waals surface area contributed by atoms with Gasteiger partial charge in [0, 0.05) is 5.69 Å². The van der Waals surface area contributed by atoms with Gasteiger partial charge in [0.2, 0.25) is 5.82 Å². The van der Waals surface area contributed by atoms with Crippen LogP contribution in [0.25, 0.3) is 0 Å². The van der Waals surface area contributed by atoms with Crippen LogP contribution >= 0.6 is 0 Å². The number of hydrogen-bond acceptors (Lipinski definition) is 7. The summed E-state index contributed by atoms with van der Waals surface area (Å²) in [7, 11) is 1.10. The van der Waals surface area contributed by atoms with Crippen molar-refractivity contribution in [3.8, 4) is 0 Å². The summed E-state index contributed by atoms with van der Waals surface area (Å²) >= 11 is 0. The largest absolute Gasteiger partial charge is 0.480 e. The molecule has 0 amide bonds.